The first-order valence-corrected chi connectivity index (χ1v) is 13.2. The van der Waals surface area contributed by atoms with Gasteiger partial charge in [-0.05, 0) is 73.2 Å². The second-order valence-corrected chi connectivity index (χ2v) is 10.3. The highest BCUT2D eigenvalue weighted by Crippen LogP contribution is 2.39. The van der Waals surface area contributed by atoms with Crippen LogP contribution >= 0.6 is 11.6 Å². The maximum atomic E-state index is 11.4. The van der Waals surface area contributed by atoms with Crippen LogP contribution in [0.1, 0.15) is 43.2 Å². The van der Waals surface area contributed by atoms with E-state index in [0.29, 0.717) is 36.6 Å². The molecule has 1 unspecified atom stereocenters. The van der Waals surface area contributed by atoms with E-state index in [-0.39, 0.29) is 11.8 Å². The van der Waals surface area contributed by atoms with Crippen LogP contribution in [0.15, 0.2) is 84.3 Å². The summed E-state index contributed by atoms with van der Waals surface area (Å²) in [5, 5.41) is 11.9. The van der Waals surface area contributed by atoms with Crippen molar-refractivity contribution in [2.24, 2.45) is 11.7 Å². The van der Waals surface area contributed by atoms with Crippen LogP contribution in [0.4, 0.5) is 0 Å². The summed E-state index contributed by atoms with van der Waals surface area (Å²) in [4.78, 5) is 18.3. The van der Waals surface area contributed by atoms with Crippen LogP contribution in [0, 0.1) is 5.92 Å². The number of likely N-dealkylation sites (tertiary alicyclic amines) is 1. The van der Waals surface area contributed by atoms with Gasteiger partial charge in [-0.3, -0.25) is 4.79 Å². The van der Waals surface area contributed by atoms with Gasteiger partial charge in [-0.25, -0.2) is 4.98 Å². The van der Waals surface area contributed by atoms with Gasteiger partial charge >= 0.3 is 0 Å². The molecule has 2 aliphatic heterocycles. The Morgan fingerprint density at radius 3 is 2.78 bits per heavy atom. The van der Waals surface area contributed by atoms with E-state index >= 15 is 0 Å². The van der Waals surface area contributed by atoms with Crippen LogP contribution in [0.25, 0.3) is 5.57 Å². The third-order valence-corrected chi connectivity index (χ3v) is 7.70. The quantitative estimate of drug-likeness (QED) is 0.530. The first-order chi connectivity index (χ1) is 17.9. The smallest absolute Gasteiger partial charge is 0.227 e. The number of allylic oxidation sites excluding steroid dienone is 6. The third-order valence-electron chi connectivity index (χ3n) is 7.45. The molecule has 7 heteroatoms. The highest BCUT2D eigenvalue weighted by molar-refractivity contribution is 6.30. The number of aromatic nitrogens is 1. The molecular weight excluding hydrogens is 486 g/mol. The Balaban J connectivity index is 1.29. The number of nitrogens with zero attached hydrogens (tertiary/aromatic N) is 2. The van der Waals surface area contributed by atoms with Gasteiger partial charge in [0.05, 0.1) is 5.60 Å². The Kier molecular flexibility index (Phi) is 7.60. The molecular formula is C30H32ClN3O3. The van der Waals surface area contributed by atoms with E-state index < -0.39 is 5.60 Å². The van der Waals surface area contributed by atoms with Gasteiger partial charge in [-0.2, -0.15) is 0 Å². The summed E-state index contributed by atoms with van der Waals surface area (Å²) in [7, 11) is 0. The summed E-state index contributed by atoms with van der Waals surface area (Å²) in [6, 6.07) is 11.5. The minimum atomic E-state index is -0.801. The van der Waals surface area contributed by atoms with Crippen molar-refractivity contribution in [1.82, 2.24) is 9.88 Å². The van der Waals surface area contributed by atoms with E-state index in [9.17, 15) is 9.90 Å². The maximum absolute atomic E-state index is 11.4. The molecule has 2 aromatic rings. The van der Waals surface area contributed by atoms with Crippen molar-refractivity contribution in [2.75, 3.05) is 19.6 Å². The predicted molar refractivity (Wildman–Crippen MR) is 146 cm³/mol. The van der Waals surface area contributed by atoms with Gasteiger partial charge in [-0.1, -0.05) is 42.0 Å². The molecule has 3 aliphatic rings. The molecule has 0 saturated carbocycles. The number of rotatable bonds is 7. The number of fused-ring (bicyclic) bond motifs is 2. The number of hydrogen-bond donors (Lipinski definition) is 2. The van der Waals surface area contributed by atoms with Crippen LogP contribution in [0.5, 0.6) is 5.88 Å². The lowest BCUT2D eigenvalue weighted by molar-refractivity contribution is -0.118. The van der Waals surface area contributed by atoms with Crippen molar-refractivity contribution < 1.29 is 14.6 Å². The monoisotopic (exact) mass is 517 g/mol. The number of amides is 1. The lowest BCUT2D eigenvalue weighted by atomic mass is 9.84. The number of primary amides is 1. The van der Waals surface area contributed by atoms with Crippen LogP contribution in [-0.4, -0.2) is 40.5 Å². The number of ether oxygens (including phenoxy) is 1. The fourth-order valence-corrected chi connectivity index (χ4v) is 5.41. The van der Waals surface area contributed by atoms with Crippen LogP contribution < -0.4 is 10.5 Å². The molecule has 1 saturated heterocycles. The Morgan fingerprint density at radius 2 is 2.03 bits per heavy atom. The maximum Gasteiger partial charge on any atom is 0.227 e. The van der Waals surface area contributed by atoms with E-state index in [4.69, 9.17) is 22.1 Å². The standard InChI is InChI=1S/C30H32ClN3O3/c31-24-11-9-23(10-12-24)30(36)14-18-34(19-15-30)17-3-5-22-20-26-21(8-13-28(32)35)4-1-7-27(26)37-29-25(22)6-2-16-33-29/h1-2,4-7,9-12,16,20-21,36H,3,8,13-15,17-19H2,(H2,32,35). The average molecular weight is 518 g/mol. The molecule has 1 atom stereocenters. The van der Waals surface area contributed by atoms with Gasteiger partial charge in [0, 0.05) is 54.3 Å². The second-order valence-electron chi connectivity index (χ2n) is 9.91. The largest absolute Gasteiger partial charge is 0.438 e. The van der Waals surface area contributed by atoms with Crippen molar-refractivity contribution in [3.63, 3.8) is 0 Å². The van der Waals surface area contributed by atoms with Gasteiger partial charge in [0.2, 0.25) is 11.8 Å². The molecule has 3 N–H and O–H groups in total. The summed E-state index contributed by atoms with van der Waals surface area (Å²) >= 11 is 6.02. The molecule has 0 spiro atoms. The van der Waals surface area contributed by atoms with E-state index in [0.717, 1.165) is 54.1 Å². The zero-order chi connectivity index (χ0) is 25.8. The molecule has 1 amide bonds. The summed E-state index contributed by atoms with van der Waals surface area (Å²) in [6.07, 6.45) is 15.4. The van der Waals surface area contributed by atoms with Crippen LogP contribution in [-0.2, 0) is 10.4 Å². The van der Waals surface area contributed by atoms with Crippen LogP contribution in [0.2, 0.25) is 5.02 Å². The number of pyridine rings is 1. The number of hydrogen-bond acceptors (Lipinski definition) is 5. The molecule has 1 aromatic carbocycles. The van der Waals surface area contributed by atoms with E-state index in [1.807, 2.05) is 48.6 Å². The van der Waals surface area contributed by atoms with Crippen molar-refractivity contribution in [2.45, 2.75) is 37.7 Å². The molecule has 1 aliphatic carbocycles. The zero-order valence-corrected chi connectivity index (χ0v) is 21.5. The first-order valence-electron chi connectivity index (χ1n) is 12.8. The topological polar surface area (TPSA) is 88.7 Å². The number of nitrogens with two attached hydrogens (primary N) is 1. The highest BCUT2D eigenvalue weighted by Gasteiger charge is 2.33. The van der Waals surface area contributed by atoms with Gasteiger partial charge < -0.3 is 20.5 Å². The molecule has 0 bridgehead atoms. The summed E-state index contributed by atoms with van der Waals surface area (Å²) in [5.41, 5.74) is 8.61. The number of piperidine rings is 1. The Hall–Kier alpha value is -3.19. The molecule has 3 heterocycles. The van der Waals surface area contributed by atoms with Crippen molar-refractivity contribution in [1.29, 1.82) is 0 Å². The number of carbonyl (C=O) groups excluding carboxylic acids is 1. The minimum absolute atomic E-state index is 0.0536. The number of carbonyl (C=O) groups is 1. The molecule has 5 rings (SSSR count). The van der Waals surface area contributed by atoms with Crippen LogP contribution in [0.3, 0.4) is 0 Å². The van der Waals surface area contributed by atoms with E-state index in [2.05, 4.69) is 28.1 Å². The van der Waals surface area contributed by atoms with Gasteiger partial charge in [-0.15, -0.1) is 0 Å². The average Bonchev–Trinajstić information content (AvgIpc) is 3.06. The Labute approximate surface area is 222 Å². The minimum Gasteiger partial charge on any atom is -0.438 e. The fourth-order valence-electron chi connectivity index (χ4n) is 5.29. The fraction of sp³-hybridized carbons (Fsp3) is 0.333. The summed E-state index contributed by atoms with van der Waals surface area (Å²) in [6.45, 7) is 2.56. The van der Waals surface area contributed by atoms with Gasteiger partial charge in [0.15, 0.2) is 0 Å². The van der Waals surface area contributed by atoms with Crippen molar-refractivity contribution in [3.8, 4) is 5.88 Å². The molecule has 0 radical (unpaired) electrons. The molecule has 1 fully saturated rings. The number of halogens is 1. The summed E-state index contributed by atoms with van der Waals surface area (Å²) in [5.74, 6) is 1.10. The number of aliphatic hydroxyl groups is 1. The molecule has 1 aromatic heterocycles. The van der Waals surface area contributed by atoms with Crippen molar-refractivity contribution in [3.05, 3.63) is 100 Å². The Morgan fingerprint density at radius 1 is 1.24 bits per heavy atom. The number of benzene rings is 1. The van der Waals surface area contributed by atoms with Gasteiger partial charge in [0.1, 0.15) is 5.76 Å². The molecule has 37 heavy (non-hydrogen) atoms. The first kappa shape index (κ1) is 25.5. The summed E-state index contributed by atoms with van der Waals surface area (Å²) < 4.78 is 6.22. The zero-order valence-electron chi connectivity index (χ0n) is 20.8. The van der Waals surface area contributed by atoms with E-state index in [1.165, 1.54) is 0 Å². The van der Waals surface area contributed by atoms with Crippen molar-refractivity contribution >= 4 is 23.1 Å². The Bertz CT molecular complexity index is 1270. The molecule has 6 nitrogen and oxygen atoms in total. The predicted octanol–water partition coefficient (Wildman–Crippen LogP) is 5.15. The normalized spacial score (nSPS) is 21.8. The van der Waals surface area contributed by atoms with E-state index in [1.54, 1.807) is 6.20 Å². The molecule has 192 valence electrons. The highest BCUT2D eigenvalue weighted by atomic mass is 35.5. The van der Waals surface area contributed by atoms with Gasteiger partial charge in [0.25, 0.3) is 0 Å². The lowest BCUT2D eigenvalue weighted by Gasteiger charge is -2.38. The SMILES string of the molecule is NC(=O)CCC1C=CC=C2Oc3ncccc3C(=CCCN3CCC(O)(c4ccc(Cl)cc4)CC3)C=C21. The third kappa shape index (κ3) is 5.87. The second kappa shape index (κ2) is 11.1. The lowest BCUT2D eigenvalue weighted by Crippen LogP contribution is -2.42.